The van der Waals surface area contributed by atoms with E-state index in [4.69, 9.17) is 25.8 Å². The van der Waals surface area contributed by atoms with E-state index in [1.807, 2.05) is 19.9 Å². The maximum atomic E-state index is 12.9. The van der Waals surface area contributed by atoms with Crippen LogP contribution in [-0.4, -0.2) is 36.9 Å². The van der Waals surface area contributed by atoms with Crippen molar-refractivity contribution in [1.82, 2.24) is 4.98 Å². The lowest BCUT2D eigenvalue weighted by Crippen LogP contribution is -2.07. The molecule has 0 aliphatic heterocycles. The van der Waals surface area contributed by atoms with Gasteiger partial charge in [0, 0.05) is 31.1 Å². The molecule has 8 heteroatoms. The number of hydrogen-bond donors (Lipinski definition) is 1. The van der Waals surface area contributed by atoms with Crippen LogP contribution in [0, 0.1) is 0 Å². The number of carbonyl (C=O) groups excluding carboxylic acids is 1. The number of hydrogen-bond acceptors (Lipinski definition) is 6. The van der Waals surface area contributed by atoms with Gasteiger partial charge in [-0.1, -0.05) is 23.3 Å². The van der Waals surface area contributed by atoms with Crippen LogP contribution in [0.1, 0.15) is 35.3 Å². The summed E-state index contributed by atoms with van der Waals surface area (Å²) in [6.45, 7) is 3.90. The van der Waals surface area contributed by atoms with Crippen LogP contribution in [0.25, 0.3) is 6.08 Å². The van der Waals surface area contributed by atoms with Crippen LogP contribution in [0.4, 0.5) is 0 Å². The zero-order valence-corrected chi connectivity index (χ0v) is 18.8. The van der Waals surface area contributed by atoms with Crippen molar-refractivity contribution in [2.24, 2.45) is 0 Å². The predicted octanol–water partition coefficient (Wildman–Crippen LogP) is 5.26. The SMILES string of the molecule is COCOc1cc(OC)c(C(=O)C=Cc2cncc(Cl)c2)c(O)c1CC=C(C)C.Cl. The average molecular weight is 454 g/mol. The highest BCUT2D eigenvalue weighted by molar-refractivity contribution is 6.30. The summed E-state index contributed by atoms with van der Waals surface area (Å²) in [5.74, 6) is -0.0189. The zero-order chi connectivity index (χ0) is 21.4. The maximum Gasteiger partial charge on any atom is 0.193 e. The quantitative estimate of drug-likeness (QED) is 0.241. The molecule has 0 amide bonds. The first-order valence-electron chi connectivity index (χ1n) is 8.88. The van der Waals surface area contributed by atoms with Gasteiger partial charge in [-0.05, 0) is 44.1 Å². The molecule has 0 unspecified atom stereocenters. The number of phenolic OH excluding ortho intramolecular Hbond substituents is 1. The number of benzene rings is 1. The van der Waals surface area contributed by atoms with Crippen LogP contribution in [0.15, 0.2) is 42.3 Å². The summed E-state index contributed by atoms with van der Waals surface area (Å²) in [5, 5.41) is 11.3. The molecule has 0 radical (unpaired) electrons. The van der Waals surface area contributed by atoms with E-state index in [2.05, 4.69) is 4.98 Å². The van der Waals surface area contributed by atoms with Gasteiger partial charge in [-0.15, -0.1) is 12.4 Å². The summed E-state index contributed by atoms with van der Waals surface area (Å²) >= 11 is 5.92. The Balaban J connectivity index is 0.00000450. The van der Waals surface area contributed by atoms with E-state index < -0.39 is 5.78 Å². The van der Waals surface area contributed by atoms with Crippen molar-refractivity contribution in [3.8, 4) is 17.2 Å². The van der Waals surface area contributed by atoms with E-state index in [1.54, 1.807) is 24.4 Å². The van der Waals surface area contributed by atoms with Gasteiger partial charge in [-0.2, -0.15) is 0 Å². The molecule has 0 fully saturated rings. The average Bonchev–Trinajstić information content (AvgIpc) is 2.69. The van der Waals surface area contributed by atoms with Crippen molar-refractivity contribution in [2.45, 2.75) is 20.3 Å². The minimum absolute atomic E-state index is 0. The Bertz CT molecular complexity index is 937. The fraction of sp³-hybridized carbons (Fsp3) is 0.273. The van der Waals surface area contributed by atoms with Crippen molar-refractivity contribution < 1.29 is 24.1 Å². The van der Waals surface area contributed by atoms with E-state index in [0.717, 1.165) is 5.57 Å². The van der Waals surface area contributed by atoms with Gasteiger partial charge in [0.1, 0.15) is 22.8 Å². The lowest BCUT2D eigenvalue weighted by molar-refractivity contribution is 0.0502. The first kappa shape index (κ1) is 25.5. The maximum absolute atomic E-state index is 12.9. The van der Waals surface area contributed by atoms with Crippen molar-refractivity contribution in [3.63, 3.8) is 0 Å². The highest BCUT2D eigenvalue weighted by Gasteiger charge is 2.23. The molecule has 30 heavy (non-hydrogen) atoms. The topological polar surface area (TPSA) is 77.9 Å². The lowest BCUT2D eigenvalue weighted by atomic mass is 9.99. The summed E-state index contributed by atoms with van der Waals surface area (Å²) in [6, 6.07) is 3.26. The van der Waals surface area contributed by atoms with E-state index in [-0.39, 0.29) is 36.3 Å². The molecule has 6 nitrogen and oxygen atoms in total. The van der Waals surface area contributed by atoms with E-state index >= 15 is 0 Å². The number of carbonyl (C=O) groups is 1. The Hall–Kier alpha value is -2.54. The van der Waals surface area contributed by atoms with E-state index in [1.165, 1.54) is 26.5 Å². The van der Waals surface area contributed by atoms with Gasteiger partial charge < -0.3 is 19.3 Å². The van der Waals surface area contributed by atoms with Gasteiger partial charge in [0.05, 0.1) is 12.1 Å². The molecule has 0 atom stereocenters. The number of allylic oxidation sites excluding steroid dienone is 3. The van der Waals surface area contributed by atoms with Crippen LogP contribution in [0.3, 0.4) is 0 Å². The second kappa shape index (κ2) is 12.2. The van der Waals surface area contributed by atoms with Crippen LogP contribution in [0.5, 0.6) is 17.2 Å². The fourth-order valence-electron chi connectivity index (χ4n) is 2.59. The Labute approximate surface area is 187 Å². The molecule has 2 aromatic rings. The third-order valence-electron chi connectivity index (χ3n) is 3.99. The number of rotatable bonds is 9. The largest absolute Gasteiger partial charge is 0.507 e. The highest BCUT2D eigenvalue weighted by Crippen LogP contribution is 2.40. The van der Waals surface area contributed by atoms with E-state index in [0.29, 0.717) is 28.3 Å². The number of methoxy groups -OCH3 is 2. The molecular weight excluding hydrogens is 429 g/mol. The third-order valence-corrected chi connectivity index (χ3v) is 4.20. The number of phenols is 1. The van der Waals surface area contributed by atoms with Crippen molar-refractivity contribution in [2.75, 3.05) is 21.0 Å². The number of nitrogens with zero attached hydrogens (tertiary/aromatic N) is 1. The lowest BCUT2D eigenvalue weighted by Gasteiger charge is -2.17. The van der Waals surface area contributed by atoms with Gasteiger partial charge in [0.25, 0.3) is 0 Å². The first-order valence-corrected chi connectivity index (χ1v) is 9.26. The van der Waals surface area contributed by atoms with Crippen molar-refractivity contribution in [3.05, 3.63) is 64.0 Å². The Morgan fingerprint density at radius 1 is 1.20 bits per heavy atom. The van der Waals surface area contributed by atoms with E-state index in [9.17, 15) is 9.90 Å². The molecule has 1 heterocycles. The number of halogens is 2. The van der Waals surface area contributed by atoms with Gasteiger partial charge >= 0.3 is 0 Å². The zero-order valence-electron chi connectivity index (χ0n) is 17.3. The standard InChI is InChI=1S/C22H24ClNO5.ClH/c1-14(2)5-7-17-19(29-13-27-3)10-20(28-4)21(22(17)26)18(25)8-6-15-9-16(23)12-24-11-15;/h5-6,8-12,26H,7,13H2,1-4H3;1H. The number of aromatic hydroxyl groups is 1. The molecule has 0 aliphatic rings. The smallest absolute Gasteiger partial charge is 0.193 e. The van der Waals surface area contributed by atoms with Gasteiger partial charge in [0.2, 0.25) is 0 Å². The van der Waals surface area contributed by atoms with Crippen LogP contribution in [-0.2, 0) is 11.2 Å². The molecule has 162 valence electrons. The highest BCUT2D eigenvalue weighted by atomic mass is 35.5. The number of ketones is 1. The normalized spacial score (nSPS) is 10.4. The second-order valence-corrected chi connectivity index (χ2v) is 6.89. The van der Waals surface area contributed by atoms with Gasteiger partial charge in [0.15, 0.2) is 12.6 Å². The summed E-state index contributed by atoms with van der Waals surface area (Å²) in [7, 11) is 2.92. The van der Waals surface area contributed by atoms with Crippen LogP contribution < -0.4 is 9.47 Å². The minimum Gasteiger partial charge on any atom is -0.507 e. The summed E-state index contributed by atoms with van der Waals surface area (Å²) in [6.07, 6.45) is 8.32. The molecule has 0 bridgehead atoms. The monoisotopic (exact) mass is 453 g/mol. The molecule has 0 spiro atoms. The molecular formula is C22H25Cl2NO5. The molecule has 0 saturated heterocycles. The molecule has 1 aromatic heterocycles. The molecule has 0 aliphatic carbocycles. The predicted molar refractivity (Wildman–Crippen MR) is 120 cm³/mol. The summed E-state index contributed by atoms with van der Waals surface area (Å²) in [5.41, 5.74) is 2.26. The van der Waals surface area contributed by atoms with Crippen LogP contribution >= 0.6 is 24.0 Å². The summed E-state index contributed by atoms with van der Waals surface area (Å²) in [4.78, 5) is 16.8. The Morgan fingerprint density at radius 3 is 2.53 bits per heavy atom. The Kier molecular flexibility index (Phi) is 10.4. The third kappa shape index (κ3) is 6.76. The first-order chi connectivity index (χ1) is 13.9. The fourth-order valence-corrected chi connectivity index (χ4v) is 2.77. The molecule has 2 rings (SSSR count). The molecule has 0 saturated carbocycles. The second-order valence-electron chi connectivity index (χ2n) is 6.45. The molecule has 1 N–H and O–H groups in total. The summed E-state index contributed by atoms with van der Waals surface area (Å²) < 4.78 is 15.9. The Morgan fingerprint density at radius 2 is 1.93 bits per heavy atom. The van der Waals surface area contributed by atoms with Crippen molar-refractivity contribution in [1.29, 1.82) is 0 Å². The van der Waals surface area contributed by atoms with Crippen molar-refractivity contribution >= 4 is 35.9 Å². The molecule has 1 aromatic carbocycles. The van der Waals surface area contributed by atoms with Crippen LogP contribution in [0.2, 0.25) is 5.02 Å². The van der Waals surface area contributed by atoms with Gasteiger partial charge in [-0.25, -0.2) is 0 Å². The number of pyridine rings is 1. The minimum atomic E-state index is -0.420. The number of aromatic nitrogens is 1. The van der Waals surface area contributed by atoms with Gasteiger partial charge in [-0.3, -0.25) is 9.78 Å². The number of ether oxygens (including phenoxy) is 3.